The van der Waals surface area contributed by atoms with E-state index in [-0.39, 0.29) is 30.6 Å². The standard InChI is InChI=1S/C30H32O6/c1-21(23-12-6-3-7-13-23)27(31)19-35-29(33)18-26(25-16-10-5-11-17-25)30(34)36-20-28(32)22(2)24-14-8-4-9-15-24/h3-18,21-22,27-28,31-32H,19-20H2,1-2H3/b26-18+. The molecular formula is C30H32O6. The molecule has 36 heavy (non-hydrogen) atoms. The molecule has 0 saturated heterocycles. The van der Waals surface area contributed by atoms with E-state index in [9.17, 15) is 19.8 Å². The molecule has 188 valence electrons. The van der Waals surface area contributed by atoms with Gasteiger partial charge in [-0.2, -0.15) is 0 Å². The zero-order chi connectivity index (χ0) is 25.9. The first-order valence-corrected chi connectivity index (χ1v) is 11.9. The summed E-state index contributed by atoms with van der Waals surface area (Å²) in [5.41, 5.74) is 2.33. The van der Waals surface area contributed by atoms with Crippen LogP contribution in [0.25, 0.3) is 5.57 Å². The average Bonchev–Trinajstić information content (AvgIpc) is 2.93. The molecule has 0 heterocycles. The number of carbonyl (C=O) groups is 2. The number of aliphatic hydroxyl groups excluding tert-OH is 2. The van der Waals surface area contributed by atoms with Crippen LogP contribution in [0, 0.1) is 0 Å². The van der Waals surface area contributed by atoms with E-state index in [4.69, 9.17) is 9.47 Å². The van der Waals surface area contributed by atoms with Gasteiger partial charge in [-0.1, -0.05) is 105 Å². The van der Waals surface area contributed by atoms with Crippen molar-refractivity contribution in [2.24, 2.45) is 0 Å². The van der Waals surface area contributed by atoms with Crippen LogP contribution >= 0.6 is 0 Å². The van der Waals surface area contributed by atoms with Gasteiger partial charge in [-0.05, 0) is 16.7 Å². The third kappa shape index (κ3) is 7.63. The van der Waals surface area contributed by atoms with Crippen LogP contribution in [-0.4, -0.2) is 47.6 Å². The van der Waals surface area contributed by atoms with E-state index in [0.29, 0.717) is 5.56 Å². The normalized spacial score (nSPS) is 14.8. The Morgan fingerprint density at radius 3 is 1.58 bits per heavy atom. The maximum Gasteiger partial charge on any atom is 0.339 e. The Balaban J connectivity index is 1.64. The van der Waals surface area contributed by atoms with Crippen molar-refractivity contribution in [3.8, 4) is 0 Å². The molecule has 0 bridgehead atoms. The maximum atomic E-state index is 12.9. The minimum absolute atomic E-state index is 0.00534. The summed E-state index contributed by atoms with van der Waals surface area (Å²) in [6, 6.07) is 27.5. The fraction of sp³-hybridized carbons (Fsp3) is 0.267. The minimum Gasteiger partial charge on any atom is -0.460 e. The molecule has 6 heteroatoms. The highest BCUT2D eigenvalue weighted by Crippen LogP contribution is 2.22. The lowest BCUT2D eigenvalue weighted by atomic mass is 9.96. The summed E-state index contributed by atoms with van der Waals surface area (Å²) in [7, 11) is 0. The lowest BCUT2D eigenvalue weighted by Crippen LogP contribution is -2.25. The van der Waals surface area contributed by atoms with E-state index in [1.165, 1.54) is 0 Å². The van der Waals surface area contributed by atoms with Gasteiger partial charge in [0.2, 0.25) is 0 Å². The van der Waals surface area contributed by atoms with Gasteiger partial charge in [0.05, 0.1) is 17.8 Å². The molecule has 0 saturated carbocycles. The van der Waals surface area contributed by atoms with Crippen molar-refractivity contribution in [1.82, 2.24) is 0 Å². The van der Waals surface area contributed by atoms with Crippen LogP contribution in [0.2, 0.25) is 0 Å². The average molecular weight is 489 g/mol. The molecule has 0 aliphatic rings. The van der Waals surface area contributed by atoms with Crippen LogP contribution in [0.5, 0.6) is 0 Å². The monoisotopic (exact) mass is 488 g/mol. The van der Waals surface area contributed by atoms with Crippen LogP contribution in [0.3, 0.4) is 0 Å². The third-order valence-electron chi connectivity index (χ3n) is 6.15. The lowest BCUT2D eigenvalue weighted by Gasteiger charge is -2.20. The van der Waals surface area contributed by atoms with Gasteiger partial charge in [-0.25, -0.2) is 9.59 Å². The highest BCUT2D eigenvalue weighted by atomic mass is 16.5. The molecule has 0 aromatic heterocycles. The number of ether oxygens (including phenoxy) is 2. The van der Waals surface area contributed by atoms with Crippen molar-refractivity contribution in [2.45, 2.75) is 37.9 Å². The summed E-state index contributed by atoms with van der Waals surface area (Å²) >= 11 is 0. The second-order valence-corrected chi connectivity index (χ2v) is 8.69. The highest BCUT2D eigenvalue weighted by Gasteiger charge is 2.22. The fourth-order valence-electron chi connectivity index (χ4n) is 3.69. The molecule has 0 spiro atoms. The molecule has 0 radical (unpaired) electrons. The molecule has 3 aromatic carbocycles. The van der Waals surface area contributed by atoms with Gasteiger partial charge >= 0.3 is 11.9 Å². The number of hydrogen-bond donors (Lipinski definition) is 2. The molecule has 3 rings (SSSR count). The molecular weight excluding hydrogens is 456 g/mol. The summed E-state index contributed by atoms with van der Waals surface area (Å²) in [5.74, 6) is -2.02. The Morgan fingerprint density at radius 1 is 0.694 bits per heavy atom. The zero-order valence-electron chi connectivity index (χ0n) is 20.5. The highest BCUT2D eigenvalue weighted by molar-refractivity contribution is 6.20. The number of aliphatic hydroxyl groups is 2. The third-order valence-corrected chi connectivity index (χ3v) is 6.15. The second-order valence-electron chi connectivity index (χ2n) is 8.69. The predicted molar refractivity (Wildman–Crippen MR) is 138 cm³/mol. The summed E-state index contributed by atoms with van der Waals surface area (Å²) < 4.78 is 10.6. The Hall–Kier alpha value is -3.74. The first-order chi connectivity index (χ1) is 17.4. The Kier molecular flexibility index (Phi) is 9.98. The van der Waals surface area contributed by atoms with Crippen LogP contribution in [-0.2, 0) is 19.1 Å². The van der Waals surface area contributed by atoms with Gasteiger partial charge in [-0.3, -0.25) is 0 Å². The number of carbonyl (C=O) groups excluding carboxylic acids is 2. The van der Waals surface area contributed by atoms with Gasteiger partial charge in [0.25, 0.3) is 0 Å². The maximum absolute atomic E-state index is 12.9. The summed E-state index contributed by atoms with van der Waals surface area (Å²) in [6.45, 7) is 3.23. The van der Waals surface area contributed by atoms with E-state index in [0.717, 1.165) is 17.2 Å². The van der Waals surface area contributed by atoms with Crippen molar-refractivity contribution >= 4 is 17.5 Å². The summed E-state index contributed by atoms with van der Waals surface area (Å²) in [4.78, 5) is 25.5. The Morgan fingerprint density at radius 2 is 1.11 bits per heavy atom. The summed E-state index contributed by atoms with van der Waals surface area (Å²) in [6.07, 6.45) is -0.772. The molecule has 4 atom stereocenters. The molecule has 0 amide bonds. The fourth-order valence-corrected chi connectivity index (χ4v) is 3.69. The van der Waals surface area contributed by atoms with Crippen LogP contribution in [0.4, 0.5) is 0 Å². The van der Waals surface area contributed by atoms with Crippen LogP contribution in [0.1, 0.15) is 42.4 Å². The first-order valence-electron chi connectivity index (χ1n) is 11.9. The van der Waals surface area contributed by atoms with Crippen molar-refractivity contribution in [1.29, 1.82) is 0 Å². The zero-order valence-corrected chi connectivity index (χ0v) is 20.5. The van der Waals surface area contributed by atoms with Crippen molar-refractivity contribution < 1.29 is 29.3 Å². The van der Waals surface area contributed by atoms with Crippen LogP contribution < -0.4 is 0 Å². The van der Waals surface area contributed by atoms with Crippen LogP contribution in [0.15, 0.2) is 97.1 Å². The molecule has 2 N–H and O–H groups in total. The smallest absolute Gasteiger partial charge is 0.339 e. The number of benzene rings is 3. The number of hydrogen-bond acceptors (Lipinski definition) is 6. The lowest BCUT2D eigenvalue weighted by molar-refractivity contribution is -0.142. The van der Waals surface area contributed by atoms with E-state index >= 15 is 0 Å². The Bertz CT molecular complexity index is 1130. The first kappa shape index (κ1) is 26.9. The van der Waals surface area contributed by atoms with E-state index in [2.05, 4.69) is 0 Å². The second kappa shape index (κ2) is 13.4. The summed E-state index contributed by atoms with van der Waals surface area (Å²) in [5, 5.41) is 21.0. The largest absolute Gasteiger partial charge is 0.460 e. The van der Waals surface area contributed by atoms with E-state index in [1.807, 2.05) is 74.5 Å². The molecule has 6 nitrogen and oxygen atoms in total. The Labute approximate surface area is 211 Å². The predicted octanol–water partition coefficient (Wildman–Crippen LogP) is 4.49. The van der Waals surface area contributed by atoms with Gasteiger partial charge in [0, 0.05) is 17.9 Å². The quantitative estimate of drug-likeness (QED) is 0.305. The molecule has 4 unspecified atom stereocenters. The van der Waals surface area contributed by atoms with Crippen molar-refractivity contribution in [3.63, 3.8) is 0 Å². The van der Waals surface area contributed by atoms with Gasteiger partial charge in [-0.15, -0.1) is 0 Å². The molecule has 0 fully saturated rings. The van der Waals surface area contributed by atoms with Gasteiger partial charge in [0.1, 0.15) is 13.2 Å². The van der Waals surface area contributed by atoms with Crippen molar-refractivity contribution in [3.05, 3.63) is 114 Å². The SMILES string of the molecule is CC(c1ccccc1)C(O)COC(=O)/C=C(/C(=O)OCC(O)C(C)c1ccccc1)c1ccccc1. The van der Waals surface area contributed by atoms with Crippen molar-refractivity contribution in [2.75, 3.05) is 13.2 Å². The van der Waals surface area contributed by atoms with Gasteiger partial charge in [0.15, 0.2) is 0 Å². The molecule has 0 aliphatic heterocycles. The van der Waals surface area contributed by atoms with E-state index < -0.39 is 24.1 Å². The minimum atomic E-state index is -0.921. The molecule has 3 aromatic rings. The number of esters is 2. The van der Waals surface area contributed by atoms with Gasteiger partial charge < -0.3 is 19.7 Å². The van der Waals surface area contributed by atoms with E-state index in [1.54, 1.807) is 30.3 Å². The topological polar surface area (TPSA) is 93.1 Å². The number of rotatable bonds is 11. The molecule has 0 aliphatic carbocycles.